The Kier molecular flexibility index (Phi) is 14.4. The molecule has 0 radical (unpaired) electrons. The van der Waals surface area contributed by atoms with E-state index in [1.54, 1.807) is 62.4 Å². The lowest BCUT2D eigenvalue weighted by atomic mass is 10.2. The van der Waals surface area contributed by atoms with Gasteiger partial charge in [-0.25, -0.2) is 9.59 Å². The minimum absolute atomic E-state index is 0.00667. The molecule has 0 saturated carbocycles. The lowest BCUT2D eigenvalue weighted by Gasteiger charge is -2.10. The Labute approximate surface area is 188 Å². The number of ether oxygens (including phenoxy) is 4. The van der Waals surface area contributed by atoms with Gasteiger partial charge in [0.05, 0.1) is 49.8 Å². The SMILES string of the molecule is CC(O)COC(C)CO.O=C(OCCOCCOC(=O)c1ccccc1)c1ccccc1. The summed E-state index contributed by atoms with van der Waals surface area (Å²) in [6.07, 6.45) is -0.612. The maximum atomic E-state index is 11.6. The van der Waals surface area contributed by atoms with Crippen LogP contribution in [0.3, 0.4) is 0 Å². The van der Waals surface area contributed by atoms with Gasteiger partial charge in [0.15, 0.2) is 0 Å². The van der Waals surface area contributed by atoms with Crippen LogP contribution in [0.2, 0.25) is 0 Å². The number of carbonyl (C=O) groups is 2. The molecule has 8 heteroatoms. The van der Waals surface area contributed by atoms with Crippen molar-refractivity contribution in [2.24, 2.45) is 0 Å². The predicted molar refractivity (Wildman–Crippen MR) is 118 cm³/mol. The van der Waals surface area contributed by atoms with E-state index >= 15 is 0 Å². The molecule has 2 unspecified atom stereocenters. The number of esters is 2. The first-order chi connectivity index (χ1) is 15.4. The van der Waals surface area contributed by atoms with Gasteiger partial charge in [-0.15, -0.1) is 0 Å². The number of hydrogen-bond donors (Lipinski definition) is 2. The van der Waals surface area contributed by atoms with E-state index in [1.807, 2.05) is 12.1 Å². The van der Waals surface area contributed by atoms with Gasteiger partial charge in [-0.2, -0.15) is 0 Å². The minimum Gasteiger partial charge on any atom is -0.460 e. The molecule has 2 aromatic rings. The zero-order valence-corrected chi connectivity index (χ0v) is 18.5. The van der Waals surface area contributed by atoms with Gasteiger partial charge in [0, 0.05) is 0 Å². The summed E-state index contributed by atoms with van der Waals surface area (Å²) in [5.41, 5.74) is 1.01. The highest BCUT2D eigenvalue weighted by Gasteiger charge is 2.06. The normalized spacial score (nSPS) is 12.1. The second-order valence-electron chi connectivity index (χ2n) is 6.79. The zero-order valence-electron chi connectivity index (χ0n) is 18.5. The number of rotatable bonds is 12. The molecule has 176 valence electrons. The predicted octanol–water partition coefficient (Wildman–Crippen LogP) is 2.48. The van der Waals surface area contributed by atoms with Gasteiger partial charge in [-0.1, -0.05) is 36.4 Å². The molecule has 0 fully saturated rings. The summed E-state index contributed by atoms with van der Waals surface area (Å²) in [5.74, 6) is -0.769. The summed E-state index contributed by atoms with van der Waals surface area (Å²) in [6, 6.07) is 17.5. The van der Waals surface area contributed by atoms with Crippen LogP contribution in [0.15, 0.2) is 60.7 Å². The highest BCUT2D eigenvalue weighted by atomic mass is 16.6. The van der Waals surface area contributed by atoms with E-state index in [-0.39, 0.29) is 51.1 Å². The van der Waals surface area contributed by atoms with Crippen LogP contribution in [0, 0.1) is 0 Å². The van der Waals surface area contributed by atoms with Crippen molar-refractivity contribution in [2.45, 2.75) is 26.1 Å². The van der Waals surface area contributed by atoms with E-state index in [0.717, 1.165) is 0 Å². The van der Waals surface area contributed by atoms with Crippen LogP contribution >= 0.6 is 0 Å². The highest BCUT2D eigenvalue weighted by molar-refractivity contribution is 5.89. The molecule has 0 saturated heterocycles. The Morgan fingerprint density at radius 1 is 0.781 bits per heavy atom. The Morgan fingerprint density at radius 2 is 1.22 bits per heavy atom. The summed E-state index contributed by atoms with van der Waals surface area (Å²) in [6.45, 7) is 4.50. The molecular formula is C24H32O8. The van der Waals surface area contributed by atoms with Gasteiger partial charge in [-0.3, -0.25) is 0 Å². The number of aliphatic hydroxyl groups is 2. The van der Waals surface area contributed by atoms with Gasteiger partial charge >= 0.3 is 11.9 Å². The Bertz CT molecular complexity index is 694. The Hall–Kier alpha value is -2.78. The Morgan fingerprint density at radius 3 is 1.59 bits per heavy atom. The summed E-state index contributed by atoms with van der Waals surface area (Å²) in [5, 5.41) is 17.1. The highest BCUT2D eigenvalue weighted by Crippen LogP contribution is 2.02. The van der Waals surface area contributed by atoms with Crippen LogP contribution < -0.4 is 0 Å². The molecule has 0 aliphatic carbocycles. The maximum absolute atomic E-state index is 11.6. The third-order valence-corrected chi connectivity index (χ3v) is 3.82. The molecular weight excluding hydrogens is 416 g/mol. The van der Waals surface area contributed by atoms with Gasteiger partial charge in [0.2, 0.25) is 0 Å². The van der Waals surface area contributed by atoms with Crippen LogP contribution in [0.5, 0.6) is 0 Å². The molecule has 2 aromatic carbocycles. The maximum Gasteiger partial charge on any atom is 0.338 e. The molecule has 0 aliphatic rings. The largest absolute Gasteiger partial charge is 0.460 e. The van der Waals surface area contributed by atoms with E-state index in [4.69, 9.17) is 29.2 Å². The summed E-state index contributed by atoms with van der Waals surface area (Å²) >= 11 is 0. The zero-order chi connectivity index (χ0) is 23.6. The lowest BCUT2D eigenvalue weighted by Crippen LogP contribution is -2.19. The number of carbonyl (C=O) groups excluding carboxylic acids is 2. The Balaban J connectivity index is 0.000000482. The molecule has 8 nitrogen and oxygen atoms in total. The third-order valence-electron chi connectivity index (χ3n) is 3.82. The van der Waals surface area contributed by atoms with E-state index in [9.17, 15) is 9.59 Å². The second-order valence-corrected chi connectivity index (χ2v) is 6.79. The lowest BCUT2D eigenvalue weighted by molar-refractivity contribution is -0.0177. The van der Waals surface area contributed by atoms with E-state index in [0.29, 0.717) is 17.7 Å². The van der Waals surface area contributed by atoms with Crippen molar-refractivity contribution in [1.82, 2.24) is 0 Å². The molecule has 32 heavy (non-hydrogen) atoms. The monoisotopic (exact) mass is 448 g/mol. The molecule has 0 amide bonds. The first-order valence-electron chi connectivity index (χ1n) is 10.4. The molecule has 0 aliphatic heterocycles. The van der Waals surface area contributed by atoms with Gasteiger partial charge in [0.1, 0.15) is 13.2 Å². The fraction of sp³-hybridized carbons (Fsp3) is 0.417. The van der Waals surface area contributed by atoms with Crippen molar-refractivity contribution in [2.75, 3.05) is 39.6 Å². The summed E-state index contributed by atoms with van der Waals surface area (Å²) in [4.78, 5) is 23.3. The second kappa shape index (κ2) is 16.9. The molecule has 2 N–H and O–H groups in total. The standard InChI is InChI=1S/C18H18O5.C6H14O3/c19-17(15-7-3-1-4-8-15)22-13-11-21-12-14-23-18(20)16-9-5-2-6-10-16;1-5(8)4-9-6(2)3-7/h1-10H,11-14H2;5-8H,3-4H2,1-2H3. The minimum atomic E-state index is -0.445. The van der Waals surface area contributed by atoms with Gasteiger partial charge < -0.3 is 29.2 Å². The van der Waals surface area contributed by atoms with Crippen LogP contribution in [0.25, 0.3) is 0 Å². The average Bonchev–Trinajstić information content (AvgIpc) is 2.83. The van der Waals surface area contributed by atoms with E-state index in [1.165, 1.54) is 0 Å². The fourth-order valence-electron chi connectivity index (χ4n) is 2.16. The van der Waals surface area contributed by atoms with E-state index < -0.39 is 6.10 Å². The van der Waals surface area contributed by atoms with Gasteiger partial charge in [0.25, 0.3) is 0 Å². The first kappa shape index (κ1) is 27.3. The van der Waals surface area contributed by atoms with Crippen molar-refractivity contribution in [3.8, 4) is 0 Å². The molecule has 0 aromatic heterocycles. The third kappa shape index (κ3) is 12.8. The molecule has 2 rings (SSSR count). The first-order valence-corrected chi connectivity index (χ1v) is 10.4. The van der Waals surface area contributed by atoms with Crippen LogP contribution in [0.4, 0.5) is 0 Å². The molecule has 0 spiro atoms. The van der Waals surface area contributed by atoms with Crippen LogP contribution in [-0.4, -0.2) is 74.0 Å². The number of hydrogen-bond acceptors (Lipinski definition) is 8. The van der Waals surface area contributed by atoms with E-state index in [2.05, 4.69) is 0 Å². The molecule has 0 bridgehead atoms. The van der Waals surface area contributed by atoms with Crippen molar-refractivity contribution in [3.05, 3.63) is 71.8 Å². The van der Waals surface area contributed by atoms with Crippen molar-refractivity contribution < 1.29 is 38.7 Å². The molecule has 2 atom stereocenters. The smallest absolute Gasteiger partial charge is 0.338 e. The summed E-state index contributed by atoms with van der Waals surface area (Å²) < 4.78 is 20.3. The topological polar surface area (TPSA) is 112 Å². The van der Waals surface area contributed by atoms with Gasteiger partial charge in [-0.05, 0) is 38.1 Å². The summed E-state index contributed by atoms with van der Waals surface area (Å²) in [7, 11) is 0. The number of aliphatic hydroxyl groups excluding tert-OH is 2. The van der Waals surface area contributed by atoms with Crippen LogP contribution in [0.1, 0.15) is 34.6 Å². The van der Waals surface area contributed by atoms with Crippen molar-refractivity contribution in [3.63, 3.8) is 0 Å². The fourth-order valence-corrected chi connectivity index (χ4v) is 2.16. The quantitative estimate of drug-likeness (QED) is 0.376. The van der Waals surface area contributed by atoms with Crippen LogP contribution in [-0.2, 0) is 18.9 Å². The van der Waals surface area contributed by atoms with Crippen molar-refractivity contribution >= 4 is 11.9 Å². The molecule has 0 heterocycles. The van der Waals surface area contributed by atoms with Crippen molar-refractivity contribution in [1.29, 1.82) is 0 Å². The average molecular weight is 449 g/mol. The number of benzene rings is 2.